The first-order chi connectivity index (χ1) is 10.6. The lowest BCUT2D eigenvalue weighted by molar-refractivity contribution is -0.121. The van der Waals surface area contributed by atoms with Crippen LogP contribution in [0.4, 0.5) is 0 Å². The Hall–Kier alpha value is -2.29. The predicted molar refractivity (Wildman–Crippen MR) is 89.9 cm³/mol. The van der Waals surface area contributed by atoms with Gasteiger partial charge in [-0.1, -0.05) is 44.2 Å². The monoisotopic (exact) mass is 295 g/mol. The fourth-order valence-electron chi connectivity index (χ4n) is 2.65. The minimum Gasteiger partial charge on any atom is -0.464 e. The van der Waals surface area contributed by atoms with E-state index in [1.54, 1.807) is 6.26 Å². The zero-order valence-corrected chi connectivity index (χ0v) is 13.2. The normalized spacial score (nSPS) is 12.9. The Morgan fingerprint density at radius 1 is 1.14 bits per heavy atom. The van der Waals surface area contributed by atoms with E-state index in [0.717, 1.165) is 27.3 Å². The standard InChI is InChI=1S/C19H21NO2/c1-12(2)13(3)20-18(21)10-15-11-22-17-9-8-14-6-4-5-7-16(14)19(15)17/h4-9,11-13H,10H2,1-3H3,(H,20,21)/t13-/m1/s1. The highest BCUT2D eigenvalue weighted by Gasteiger charge is 2.15. The first-order valence-electron chi connectivity index (χ1n) is 7.73. The second-order valence-corrected chi connectivity index (χ2v) is 6.20. The van der Waals surface area contributed by atoms with Crippen LogP contribution in [0.15, 0.2) is 47.1 Å². The topological polar surface area (TPSA) is 42.2 Å². The summed E-state index contributed by atoms with van der Waals surface area (Å²) in [4.78, 5) is 12.3. The van der Waals surface area contributed by atoms with Gasteiger partial charge in [-0.15, -0.1) is 0 Å². The van der Waals surface area contributed by atoms with Gasteiger partial charge < -0.3 is 9.73 Å². The average molecular weight is 295 g/mol. The molecule has 22 heavy (non-hydrogen) atoms. The van der Waals surface area contributed by atoms with Gasteiger partial charge in [-0.25, -0.2) is 0 Å². The van der Waals surface area contributed by atoms with Crippen LogP contribution >= 0.6 is 0 Å². The van der Waals surface area contributed by atoms with Crippen molar-refractivity contribution in [2.24, 2.45) is 5.92 Å². The van der Waals surface area contributed by atoms with Gasteiger partial charge in [-0.2, -0.15) is 0 Å². The van der Waals surface area contributed by atoms with Gasteiger partial charge in [-0.05, 0) is 29.7 Å². The van der Waals surface area contributed by atoms with Crippen LogP contribution in [-0.2, 0) is 11.2 Å². The lowest BCUT2D eigenvalue weighted by Gasteiger charge is -2.17. The number of carbonyl (C=O) groups excluding carboxylic acids is 1. The van der Waals surface area contributed by atoms with Crippen LogP contribution in [0.1, 0.15) is 26.3 Å². The molecule has 1 heterocycles. The van der Waals surface area contributed by atoms with Gasteiger partial charge in [0.05, 0.1) is 12.7 Å². The van der Waals surface area contributed by atoms with Crippen molar-refractivity contribution in [2.75, 3.05) is 0 Å². The minimum atomic E-state index is 0.0387. The second-order valence-electron chi connectivity index (χ2n) is 6.20. The van der Waals surface area contributed by atoms with Gasteiger partial charge in [-0.3, -0.25) is 4.79 Å². The first kappa shape index (κ1) is 14.6. The molecular formula is C19H21NO2. The maximum Gasteiger partial charge on any atom is 0.224 e. The Kier molecular flexibility index (Phi) is 3.88. The molecule has 1 aromatic heterocycles. The number of rotatable bonds is 4. The fraction of sp³-hybridized carbons (Fsp3) is 0.316. The molecule has 3 aromatic rings. The van der Waals surface area contributed by atoms with Gasteiger partial charge in [0.15, 0.2) is 0 Å². The highest BCUT2D eigenvalue weighted by atomic mass is 16.3. The average Bonchev–Trinajstić information content (AvgIpc) is 2.90. The summed E-state index contributed by atoms with van der Waals surface area (Å²) < 4.78 is 5.63. The van der Waals surface area contributed by atoms with Crippen molar-refractivity contribution in [2.45, 2.75) is 33.2 Å². The fourth-order valence-corrected chi connectivity index (χ4v) is 2.65. The van der Waals surface area contributed by atoms with Crippen LogP contribution in [0, 0.1) is 5.92 Å². The van der Waals surface area contributed by atoms with Crippen molar-refractivity contribution in [3.63, 3.8) is 0 Å². The van der Waals surface area contributed by atoms with Gasteiger partial charge in [0, 0.05) is 17.0 Å². The zero-order valence-electron chi connectivity index (χ0n) is 13.2. The van der Waals surface area contributed by atoms with Gasteiger partial charge in [0.1, 0.15) is 5.58 Å². The Bertz CT molecular complexity index is 817. The van der Waals surface area contributed by atoms with E-state index in [4.69, 9.17) is 4.42 Å². The number of hydrogen-bond donors (Lipinski definition) is 1. The number of nitrogens with one attached hydrogen (secondary N) is 1. The molecule has 0 bridgehead atoms. The number of carbonyl (C=O) groups is 1. The van der Waals surface area contributed by atoms with Crippen molar-refractivity contribution in [3.05, 3.63) is 48.2 Å². The largest absolute Gasteiger partial charge is 0.464 e. The van der Waals surface area contributed by atoms with Crippen molar-refractivity contribution < 1.29 is 9.21 Å². The van der Waals surface area contributed by atoms with Crippen LogP contribution < -0.4 is 5.32 Å². The van der Waals surface area contributed by atoms with Crippen molar-refractivity contribution in [1.29, 1.82) is 0 Å². The molecule has 3 nitrogen and oxygen atoms in total. The SMILES string of the molecule is CC(C)[C@@H](C)NC(=O)Cc1coc2ccc3ccccc3c12. The van der Waals surface area contributed by atoms with Crippen molar-refractivity contribution in [3.8, 4) is 0 Å². The van der Waals surface area contributed by atoms with Crippen molar-refractivity contribution in [1.82, 2.24) is 5.32 Å². The lowest BCUT2D eigenvalue weighted by atomic mass is 10.0. The van der Waals surface area contributed by atoms with Gasteiger partial charge in [0.25, 0.3) is 0 Å². The Morgan fingerprint density at radius 3 is 2.68 bits per heavy atom. The van der Waals surface area contributed by atoms with Gasteiger partial charge in [0.2, 0.25) is 5.91 Å². The molecule has 3 heteroatoms. The lowest BCUT2D eigenvalue weighted by Crippen LogP contribution is -2.36. The highest BCUT2D eigenvalue weighted by Crippen LogP contribution is 2.30. The number of benzene rings is 2. The Morgan fingerprint density at radius 2 is 1.91 bits per heavy atom. The van der Waals surface area contributed by atoms with Crippen LogP contribution in [-0.4, -0.2) is 11.9 Å². The molecular weight excluding hydrogens is 274 g/mol. The number of fused-ring (bicyclic) bond motifs is 3. The molecule has 0 spiro atoms. The molecule has 0 aliphatic heterocycles. The van der Waals surface area contributed by atoms with Crippen LogP contribution in [0.3, 0.4) is 0 Å². The third-order valence-electron chi connectivity index (χ3n) is 4.28. The molecule has 2 aromatic carbocycles. The molecule has 0 aliphatic rings. The summed E-state index contributed by atoms with van der Waals surface area (Å²) >= 11 is 0. The summed E-state index contributed by atoms with van der Waals surface area (Å²) in [6.07, 6.45) is 2.05. The summed E-state index contributed by atoms with van der Waals surface area (Å²) in [6.45, 7) is 6.24. The number of hydrogen-bond acceptors (Lipinski definition) is 2. The molecule has 0 saturated carbocycles. The molecule has 0 fully saturated rings. The van der Waals surface area contributed by atoms with Crippen LogP contribution in [0.25, 0.3) is 21.7 Å². The zero-order chi connectivity index (χ0) is 15.7. The minimum absolute atomic E-state index is 0.0387. The summed E-state index contributed by atoms with van der Waals surface area (Å²) in [6, 6.07) is 12.4. The first-order valence-corrected chi connectivity index (χ1v) is 7.73. The quantitative estimate of drug-likeness (QED) is 0.780. The molecule has 1 N–H and O–H groups in total. The van der Waals surface area contributed by atoms with E-state index in [2.05, 4.69) is 31.3 Å². The molecule has 114 valence electrons. The molecule has 0 radical (unpaired) electrons. The maximum absolute atomic E-state index is 12.3. The van der Waals surface area contributed by atoms with E-state index in [1.807, 2.05) is 31.2 Å². The summed E-state index contributed by atoms with van der Waals surface area (Å²) in [5.41, 5.74) is 1.78. The summed E-state index contributed by atoms with van der Waals surface area (Å²) in [7, 11) is 0. The van der Waals surface area contributed by atoms with E-state index in [0.29, 0.717) is 12.3 Å². The molecule has 1 atom stereocenters. The third kappa shape index (κ3) is 2.71. The molecule has 1 amide bonds. The van der Waals surface area contributed by atoms with Crippen LogP contribution in [0.2, 0.25) is 0 Å². The molecule has 0 saturated heterocycles. The van der Waals surface area contributed by atoms with Crippen LogP contribution in [0.5, 0.6) is 0 Å². The second kappa shape index (κ2) is 5.84. The molecule has 3 rings (SSSR count). The number of furan rings is 1. The highest BCUT2D eigenvalue weighted by molar-refractivity contribution is 6.08. The maximum atomic E-state index is 12.3. The van der Waals surface area contributed by atoms with E-state index < -0.39 is 0 Å². The van der Waals surface area contributed by atoms with Crippen molar-refractivity contribution >= 4 is 27.6 Å². The van der Waals surface area contributed by atoms with E-state index in [9.17, 15) is 4.79 Å². The number of amides is 1. The van der Waals surface area contributed by atoms with Gasteiger partial charge >= 0.3 is 0 Å². The summed E-state index contributed by atoms with van der Waals surface area (Å²) in [5.74, 6) is 0.461. The third-order valence-corrected chi connectivity index (χ3v) is 4.28. The predicted octanol–water partition coefficient (Wildman–Crippen LogP) is 4.29. The smallest absolute Gasteiger partial charge is 0.224 e. The van der Waals surface area contributed by atoms with E-state index in [-0.39, 0.29) is 11.9 Å². The Balaban J connectivity index is 1.94. The van der Waals surface area contributed by atoms with E-state index >= 15 is 0 Å². The molecule has 0 aliphatic carbocycles. The van der Waals surface area contributed by atoms with E-state index in [1.165, 1.54) is 0 Å². The molecule has 0 unspecified atom stereocenters. The Labute approximate surface area is 130 Å². The summed E-state index contributed by atoms with van der Waals surface area (Å²) in [5, 5.41) is 6.39.